The molecular formula is C15H24IN. The molecule has 1 rings (SSSR count). The van der Waals surface area contributed by atoms with Crippen molar-refractivity contribution in [3.63, 3.8) is 0 Å². The maximum Gasteiger partial charge on any atom is 0.0130 e. The molecule has 2 heteroatoms. The Balaban J connectivity index is 2.16. The van der Waals surface area contributed by atoms with Gasteiger partial charge in [-0.2, -0.15) is 0 Å². The van der Waals surface area contributed by atoms with Crippen molar-refractivity contribution in [2.45, 2.75) is 57.9 Å². The van der Waals surface area contributed by atoms with Crippen molar-refractivity contribution in [2.24, 2.45) is 5.73 Å². The van der Waals surface area contributed by atoms with E-state index in [0.717, 1.165) is 12.8 Å². The van der Waals surface area contributed by atoms with Crippen LogP contribution in [0.25, 0.3) is 0 Å². The maximum atomic E-state index is 6.16. The fourth-order valence-corrected chi connectivity index (χ4v) is 2.39. The number of nitrogens with two attached hydrogens (primary N) is 1. The van der Waals surface area contributed by atoms with E-state index < -0.39 is 0 Å². The van der Waals surface area contributed by atoms with E-state index in [9.17, 15) is 0 Å². The molecule has 0 fully saturated rings. The SMILES string of the molecule is CCCCCCCC(N)Cc1ccc(I)cc1. The van der Waals surface area contributed by atoms with Gasteiger partial charge >= 0.3 is 0 Å². The Kier molecular flexibility index (Phi) is 7.86. The molecule has 1 atom stereocenters. The Morgan fingerprint density at radius 3 is 2.35 bits per heavy atom. The van der Waals surface area contributed by atoms with Crippen LogP contribution in [0.15, 0.2) is 24.3 Å². The molecule has 2 N–H and O–H groups in total. The van der Waals surface area contributed by atoms with E-state index in [4.69, 9.17) is 5.73 Å². The van der Waals surface area contributed by atoms with Gasteiger partial charge in [0.2, 0.25) is 0 Å². The third kappa shape index (κ3) is 7.04. The summed E-state index contributed by atoms with van der Waals surface area (Å²) in [5.74, 6) is 0. The average molecular weight is 345 g/mol. The summed E-state index contributed by atoms with van der Waals surface area (Å²) in [7, 11) is 0. The number of benzene rings is 1. The van der Waals surface area contributed by atoms with E-state index in [1.165, 1.54) is 41.2 Å². The first-order valence-corrected chi connectivity index (χ1v) is 7.80. The van der Waals surface area contributed by atoms with E-state index in [2.05, 4.69) is 53.8 Å². The lowest BCUT2D eigenvalue weighted by molar-refractivity contribution is 0.538. The lowest BCUT2D eigenvalue weighted by Gasteiger charge is -2.11. The van der Waals surface area contributed by atoms with Gasteiger partial charge in [-0.3, -0.25) is 0 Å². The highest BCUT2D eigenvalue weighted by molar-refractivity contribution is 14.1. The fourth-order valence-electron chi connectivity index (χ4n) is 2.04. The van der Waals surface area contributed by atoms with Crippen molar-refractivity contribution in [3.8, 4) is 0 Å². The van der Waals surface area contributed by atoms with Gasteiger partial charge in [0.15, 0.2) is 0 Å². The molecule has 1 aromatic rings. The zero-order valence-corrected chi connectivity index (χ0v) is 12.9. The molecule has 0 aliphatic heterocycles. The van der Waals surface area contributed by atoms with Crippen LogP contribution in [0.3, 0.4) is 0 Å². The number of hydrogen-bond acceptors (Lipinski definition) is 1. The summed E-state index contributed by atoms with van der Waals surface area (Å²) in [6.45, 7) is 2.25. The monoisotopic (exact) mass is 345 g/mol. The molecule has 0 aliphatic carbocycles. The van der Waals surface area contributed by atoms with Crippen LogP contribution < -0.4 is 5.73 Å². The molecule has 1 unspecified atom stereocenters. The first-order chi connectivity index (χ1) is 8.22. The van der Waals surface area contributed by atoms with Crippen LogP contribution in [0, 0.1) is 3.57 Å². The van der Waals surface area contributed by atoms with Crippen molar-refractivity contribution in [2.75, 3.05) is 0 Å². The van der Waals surface area contributed by atoms with Crippen molar-refractivity contribution in [1.82, 2.24) is 0 Å². The summed E-state index contributed by atoms with van der Waals surface area (Å²) >= 11 is 2.33. The van der Waals surface area contributed by atoms with E-state index in [1.807, 2.05) is 0 Å². The Bertz CT molecular complexity index is 294. The van der Waals surface area contributed by atoms with E-state index in [-0.39, 0.29) is 0 Å². The molecule has 1 nitrogen and oxygen atoms in total. The van der Waals surface area contributed by atoms with Crippen LogP contribution in [0.1, 0.15) is 51.0 Å². The molecule has 0 amide bonds. The zero-order valence-electron chi connectivity index (χ0n) is 10.8. The quantitative estimate of drug-likeness (QED) is 0.544. The number of halogens is 1. The van der Waals surface area contributed by atoms with Crippen molar-refractivity contribution in [1.29, 1.82) is 0 Å². The van der Waals surface area contributed by atoms with E-state index in [1.54, 1.807) is 0 Å². The molecule has 0 aromatic heterocycles. The van der Waals surface area contributed by atoms with Crippen LogP contribution in [0.4, 0.5) is 0 Å². The molecule has 1 aromatic carbocycles. The third-order valence-electron chi connectivity index (χ3n) is 3.09. The Hall–Kier alpha value is -0.0900. The predicted octanol–water partition coefficient (Wildman–Crippen LogP) is 4.52. The molecule has 0 saturated carbocycles. The van der Waals surface area contributed by atoms with Crippen molar-refractivity contribution >= 4 is 22.6 Å². The lowest BCUT2D eigenvalue weighted by Crippen LogP contribution is -2.22. The Labute approximate surface area is 119 Å². The van der Waals surface area contributed by atoms with Gasteiger partial charge in [0.1, 0.15) is 0 Å². The molecule has 96 valence electrons. The van der Waals surface area contributed by atoms with Crippen molar-refractivity contribution in [3.05, 3.63) is 33.4 Å². The highest BCUT2D eigenvalue weighted by Gasteiger charge is 2.03. The van der Waals surface area contributed by atoms with Gasteiger partial charge in [-0.1, -0.05) is 51.2 Å². The minimum Gasteiger partial charge on any atom is -0.327 e. The lowest BCUT2D eigenvalue weighted by atomic mass is 10.0. The first kappa shape index (κ1) is 15.0. The van der Waals surface area contributed by atoms with Gasteiger partial charge in [0, 0.05) is 9.61 Å². The predicted molar refractivity (Wildman–Crippen MR) is 84.2 cm³/mol. The number of unbranched alkanes of at least 4 members (excludes halogenated alkanes) is 4. The molecular weight excluding hydrogens is 321 g/mol. The first-order valence-electron chi connectivity index (χ1n) is 6.72. The summed E-state index contributed by atoms with van der Waals surface area (Å²) in [6.07, 6.45) is 8.86. The second-order valence-electron chi connectivity index (χ2n) is 4.79. The minimum atomic E-state index is 0.330. The number of hydrogen-bond donors (Lipinski definition) is 1. The topological polar surface area (TPSA) is 26.0 Å². The fraction of sp³-hybridized carbons (Fsp3) is 0.600. The standard InChI is InChI=1S/C15H24IN/c1-2-3-4-5-6-7-15(17)12-13-8-10-14(16)11-9-13/h8-11,15H,2-7,12,17H2,1H3. The molecule has 0 bridgehead atoms. The smallest absolute Gasteiger partial charge is 0.0130 e. The summed E-state index contributed by atoms with van der Waals surface area (Å²) < 4.78 is 1.29. The molecule has 0 saturated heterocycles. The Morgan fingerprint density at radius 2 is 1.71 bits per heavy atom. The van der Waals surface area contributed by atoms with Gasteiger partial charge in [-0.15, -0.1) is 0 Å². The summed E-state index contributed by atoms with van der Waals surface area (Å²) in [5.41, 5.74) is 7.52. The largest absolute Gasteiger partial charge is 0.327 e. The van der Waals surface area contributed by atoms with Crippen molar-refractivity contribution < 1.29 is 0 Å². The van der Waals surface area contributed by atoms with E-state index >= 15 is 0 Å². The van der Waals surface area contributed by atoms with Gasteiger partial charge in [0.05, 0.1) is 0 Å². The Morgan fingerprint density at radius 1 is 1.06 bits per heavy atom. The highest BCUT2D eigenvalue weighted by atomic mass is 127. The molecule has 0 aliphatic rings. The van der Waals surface area contributed by atoms with Gasteiger partial charge in [-0.05, 0) is 53.1 Å². The van der Waals surface area contributed by atoms with Crippen LogP contribution >= 0.6 is 22.6 Å². The van der Waals surface area contributed by atoms with Crippen LogP contribution in [0.2, 0.25) is 0 Å². The summed E-state index contributed by atoms with van der Waals surface area (Å²) in [5, 5.41) is 0. The number of rotatable bonds is 8. The maximum absolute atomic E-state index is 6.16. The van der Waals surface area contributed by atoms with Crippen LogP contribution in [0.5, 0.6) is 0 Å². The van der Waals surface area contributed by atoms with Gasteiger partial charge in [0.25, 0.3) is 0 Å². The third-order valence-corrected chi connectivity index (χ3v) is 3.81. The highest BCUT2D eigenvalue weighted by Crippen LogP contribution is 2.12. The second-order valence-corrected chi connectivity index (χ2v) is 6.04. The summed E-state index contributed by atoms with van der Waals surface area (Å²) in [6, 6.07) is 9.03. The van der Waals surface area contributed by atoms with E-state index in [0.29, 0.717) is 6.04 Å². The summed E-state index contributed by atoms with van der Waals surface area (Å²) in [4.78, 5) is 0. The van der Waals surface area contributed by atoms with Crippen LogP contribution in [-0.2, 0) is 6.42 Å². The average Bonchev–Trinajstić information content (AvgIpc) is 2.32. The van der Waals surface area contributed by atoms with Gasteiger partial charge < -0.3 is 5.73 Å². The molecule has 0 heterocycles. The molecule has 0 spiro atoms. The van der Waals surface area contributed by atoms with Crippen LogP contribution in [-0.4, -0.2) is 6.04 Å². The minimum absolute atomic E-state index is 0.330. The molecule has 17 heavy (non-hydrogen) atoms. The zero-order chi connectivity index (χ0) is 12.5. The van der Waals surface area contributed by atoms with Gasteiger partial charge in [-0.25, -0.2) is 0 Å². The normalized spacial score (nSPS) is 12.6. The second kappa shape index (κ2) is 8.92. The molecule has 0 radical (unpaired) electrons.